The summed E-state index contributed by atoms with van der Waals surface area (Å²) in [5.41, 5.74) is 0.308. The lowest BCUT2D eigenvalue weighted by Gasteiger charge is -2.37. The summed E-state index contributed by atoms with van der Waals surface area (Å²) in [7, 11) is 0. The summed E-state index contributed by atoms with van der Waals surface area (Å²) in [6, 6.07) is 9.49. The number of benzene rings is 1. The van der Waals surface area contributed by atoms with Gasteiger partial charge in [-0.3, -0.25) is 4.79 Å². The van der Waals surface area contributed by atoms with Gasteiger partial charge in [0, 0.05) is 5.41 Å². The number of carbonyl (C=O) groups is 1. The second-order valence-corrected chi connectivity index (χ2v) is 6.82. The molecule has 0 heterocycles. The Balaban J connectivity index is 0.000000626. The van der Waals surface area contributed by atoms with Crippen LogP contribution in [-0.2, 0) is 4.79 Å². The Morgan fingerprint density at radius 2 is 1.41 bits per heavy atom. The van der Waals surface area contributed by atoms with Crippen molar-refractivity contribution in [3.8, 4) is 0 Å². The minimum absolute atomic E-state index is 0.133. The zero-order valence-corrected chi connectivity index (χ0v) is 14.4. The van der Waals surface area contributed by atoms with Gasteiger partial charge in [0.25, 0.3) is 0 Å². The van der Waals surface area contributed by atoms with Crippen LogP contribution in [0.2, 0.25) is 0 Å². The monoisotopic (exact) mass is 310 g/mol. The van der Waals surface area contributed by atoms with Crippen molar-refractivity contribution in [3.05, 3.63) is 35.9 Å². The number of aliphatic carboxylic acids is 1. The second kappa shape index (κ2) is 8.91. The van der Waals surface area contributed by atoms with Crippen LogP contribution >= 0.6 is 0 Å². The molecule has 0 amide bonds. The summed E-state index contributed by atoms with van der Waals surface area (Å²) >= 11 is 0. The minimum atomic E-state index is -0.741. The van der Waals surface area contributed by atoms with Gasteiger partial charge >= 0.3 is 5.97 Å². The molecule has 0 aromatic heterocycles. The van der Waals surface area contributed by atoms with Crippen LogP contribution in [0.25, 0.3) is 0 Å². The topological polar surface area (TPSA) is 77.8 Å². The van der Waals surface area contributed by atoms with Crippen LogP contribution in [0.5, 0.6) is 0 Å². The van der Waals surface area contributed by atoms with E-state index in [1.807, 2.05) is 58.0 Å². The van der Waals surface area contributed by atoms with E-state index in [1.54, 1.807) is 13.8 Å². The number of rotatable bonds is 5. The molecule has 4 nitrogen and oxygen atoms in total. The molecule has 0 fully saturated rings. The van der Waals surface area contributed by atoms with Gasteiger partial charge in [-0.25, -0.2) is 0 Å². The van der Waals surface area contributed by atoms with Crippen molar-refractivity contribution in [1.29, 1.82) is 0 Å². The highest BCUT2D eigenvalue weighted by Gasteiger charge is 2.37. The molecule has 3 N–H and O–H groups in total. The predicted molar refractivity (Wildman–Crippen MR) is 88.5 cm³/mol. The van der Waals surface area contributed by atoms with Crippen LogP contribution < -0.4 is 0 Å². The SMILES string of the molecule is CC(C)C(=O)O.CC(C)C(O)C(C)(C)C(O)c1ccccc1. The van der Waals surface area contributed by atoms with Crippen molar-refractivity contribution in [1.82, 2.24) is 0 Å². The van der Waals surface area contributed by atoms with Crippen LogP contribution in [0.4, 0.5) is 0 Å². The normalized spacial score (nSPS) is 14.3. The molecule has 0 aliphatic rings. The van der Waals surface area contributed by atoms with E-state index in [-0.39, 0.29) is 11.8 Å². The Morgan fingerprint density at radius 1 is 1.00 bits per heavy atom. The zero-order chi connectivity index (χ0) is 17.5. The highest BCUT2D eigenvalue weighted by Crippen LogP contribution is 2.38. The fraction of sp³-hybridized carbons (Fsp3) is 0.611. The lowest BCUT2D eigenvalue weighted by Crippen LogP contribution is -2.38. The molecule has 4 heteroatoms. The first-order valence-electron chi connectivity index (χ1n) is 7.65. The average molecular weight is 310 g/mol. The number of carboxylic acids is 1. The Morgan fingerprint density at radius 3 is 1.73 bits per heavy atom. The molecule has 0 aliphatic heterocycles. The van der Waals surface area contributed by atoms with Crippen LogP contribution in [-0.4, -0.2) is 27.4 Å². The van der Waals surface area contributed by atoms with Gasteiger partial charge in [-0.15, -0.1) is 0 Å². The summed E-state index contributed by atoms with van der Waals surface area (Å²) in [5.74, 6) is -0.839. The highest BCUT2D eigenvalue weighted by atomic mass is 16.4. The van der Waals surface area contributed by atoms with Crippen LogP contribution in [0.1, 0.15) is 53.2 Å². The number of hydrogen-bond acceptors (Lipinski definition) is 3. The lowest BCUT2D eigenvalue weighted by atomic mass is 9.74. The van der Waals surface area contributed by atoms with Crippen molar-refractivity contribution >= 4 is 5.97 Å². The van der Waals surface area contributed by atoms with Gasteiger partial charge in [-0.1, -0.05) is 71.9 Å². The van der Waals surface area contributed by atoms with Gasteiger partial charge in [-0.2, -0.15) is 0 Å². The molecule has 0 saturated carbocycles. The molecular formula is C18H30O4. The maximum absolute atomic E-state index is 10.3. The summed E-state index contributed by atoms with van der Waals surface area (Å²) in [5, 5.41) is 28.4. The molecular weight excluding hydrogens is 280 g/mol. The Labute approximate surface area is 133 Å². The standard InChI is InChI=1S/C14H22O2.C4H8O2/c1-10(2)12(15)14(3,4)13(16)11-8-6-5-7-9-11;1-3(2)4(5)6/h5-10,12-13,15-16H,1-4H3;3H,1-2H3,(H,5,6). The third-order valence-electron chi connectivity index (χ3n) is 3.71. The molecule has 0 saturated heterocycles. The van der Waals surface area contributed by atoms with Crippen molar-refractivity contribution < 1.29 is 20.1 Å². The largest absolute Gasteiger partial charge is 0.481 e. The van der Waals surface area contributed by atoms with E-state index in [0.29, 0.717) is 0 Å². The first-order chi connectivity index (χ1) is 10.0. The van der Waals surface area contributed by atoms with E-state index in [9.17, 15) is 15.0 Å². The number of aliphatic hydroxyl groups is 2. The molecule has 2 unspecified atom stereocenters. The Kier molecular flexibility index (Phi) is 8.35. The Bertz CT molecular complexity index is 438. The van der Waals surface area contributed by atoms with Crippen LogP contribution in [0.15, 0.2) is 30.3 Å². The second-order valence-electron chi connectivity index (χ2n) is 6.82. The van der Waals surface area contributed by atoms with E-state index in [1.165, 1.54) is 0 Å². The molecule has 2 atom stereocenters. The highest BCUT2D eigenvalue weighted by molar-refractivity contribution is 5.68. The number of aliphatic hydroxyl groups excluding tert-OH is 2. The van der Waals surface area contributed by atoms with Crippen molar-refractivity contribution in [3.63, 3.8) is 0 Å². The molecule has 0 spiro atoms. The smallest absolute Gasteiger partial charge is 0.305 e. The van der Waals surface area contributed by atoms with Gasteiger partial charge in [0.15, 0.2) is 0 Å². The third kappa shape index (κ3) is 6.16. The maximum Gasteiger partial charge on any atom is 0.305 e. The number of hydrogen-bond donors (Lipinski definition) is 3. The first-order valence-corrected chi connectivity index (χ1v) is 7.65. The lowest BCUT2D eigenvalue weighted by molar-refractivity contribution is -0.140. The first kappa shape index (κ1) is 20.6. The molecule has 0 radical (unpaired) electrons. The van der Waals surface area contributed by atoms with Gasteiger partial charge < -0.3 is 15.3 Å². The van der Waals surface area contributed by atoms with Crippen molar-refractivity contribution in [2.75, 3.05) is 0 Å². The van der Waals surface area contributed by atoms with E-state index in [4.69, 9.17) is 5.11 Å². The molecule has 1 aromatic carbocycles. The fourth-order valence-corrected chi connectivity index (χ4v) is 2.09. The van der Waals surface area contributed by atoms with Crippen molar-refractivity contribution in [2.24, 2.45) is 17.3 Å². The van der Waals surface area contributed by atoms with Crippen molar-refractivity contribution in [2.45, 2.75) is 53.8 Å². The molecule has 1 rings (SSSR count). The van der Waals surface area contributed by atoms with Gasteiger partial charge in [0.2, 0.25) is 0 Å². The molecule has 0 aliphatic carbocycles. The summed E-state index contributed by atoms with van der Waals surface area (Å²) in [6.45, 7) is 11.0. The fourth-order valence-electron chi connectivity index (χ4n) is 2.09. The van der Waals surface area contributed by atoms with E-state index in [0.717, 1.165) is 5.56 Å². The quantitative estimate of drug-likeness (QED) is 0.778. The predicted octanol–water partition coefficient (Wildman–Crippen LogP) is 3.49. The van der Waals surface area contributed by atoms with Crippen LogP contribution in [0, 0.1) is 17.3 Å². The van der Waals surface area contributed by atoms with E-state index < -0.39 is 23.6 Å². The summed E-state index contributed by atoms with van der Waals surface area (Å²) in [6.07, 6.45) is -1.17. The maximum atomic E-state index is 10.3. The zero-order valence-electron chi connectivity index (χ0n) is 14.4. The summed E-state index contributed by atoms with van der Waals surface area (Å²) < 4.78 is 0. The average Bonchev–Trinajstić information content (AvgIpc) is 2.46. The van der Waals surface area contributed by atoms with Crippen LogP contribution in [0.3, 0.4) is 0 Å². The van der Waals surface area contributed by atoms with Gasteiger partial charge in [-0.05, 0) is 11.5 Å². The molecule has 0 bridgehead atoms. The number of carboxylic acid groups (broad SMARTS) is 1. The van der Waals surface area contributed by atoms with E-state index >= 15 is 0 Å². The third-order valence-corrected chi connectivity index (χ3v) is 3.71. The Hall–Kier alpha value is -1.39. The minimum Gasteiger partial charge on any atom is -0.481 e. The summed E-state index contributed by atoms with van der Waals surface area (Å²) in [4.78, 5) is 9.70. The van der Waals surface area contributed by atoms with Gasteiger partial charge in [0.1, 0.15) is 0 Å². The molecule has 126 valence electrons. The molecule has 22 heavy (non-hydrogen) atoms. The van der Waals surface area contributed by atoms with Gasteiger partial charge in [0.05, 0.1) is 18.1 Å². The molecule has 1 aromatic rings. The van der Waals surface area contributed by atoms with E-state index in [2.05, 4.69) is 0 Å².